The molecular formula is C28H30F2N6O4. The van der Waals surface area contributed by atoms with Gasteiger partial charge in [0.2, 0.25) is 5.91 Å². The molecule has 1 saturated heterocycles. The van der Waals surface area contributed by atoms with Crippen LogP contribution in [0.3, 0.4) is 0 Å². The van der Waals surface area contributed by atoms with E-state index in [1.165, 1.54) is 48.7 Å². The summed E-state index contributed by atoms with van der Waals surface area (Å²) >= 11 is 0. The first-order chi connectivity index (χ1) is 19.2. The van der Waals surface area contributed by atoms with E-state index < -0.39 is 23.6 Å². The molecule has 0 atom stereocenters. The number of rotatable bonds is 7. The second kappa shape index (κ2) is 13.0. The van der Waals surface area contributed by atoms with Crippen molar-refractivity contribution in [1.82, 2.24) is 20.1 Å². The van der Waals surface area contributed by atoms with Gasteiger partial charge >= 0.3 is 12.1 Å². The Hall–Kier alpha value is -4.58. The summed E-state index contributed by atoms with van der Waals surface area (Å²) in [6.45, 7) is 1.85. The molecular weight excluding hydrogens is 522 g/mol. The Labute approximate surface area is 230 Å². The highest BCUT2D eigenvalue weighted by Crippen LogP contribution is 2.27. The molecule has 3 N–H and O–H groups in total. The number of hydrogen-bond donors (Lipinski definition) is 3. The Kier molecular flexibility index (Phi) is 9.23. The standard InChI is InChI=1S/C28H30F2N6O4/c1-35-13-10-20(11-14-35)36(2)28(39)33-25-17-22(9-12-31-25)40-21-7-8-24(23(30)16-21)32-27(38)34-26(37)15-18-3-5-19(29)6-4-18/h3-9,12,16-17,20H,10-11,13-15H2,1-2H3,(H,31,33,39)(H2,32,34,37,38). The van der Waals surface area contributed by atoms with E-state index in [2.05, 4.69) is 32.9 Å². The third-order valence-corrected chi connectivity index (χ3v) is 6.48. The largest absolute Gasteiger partial charge is 0.457 e. The maximum atomic E-state index is 14.7. The number of anilines is 2. The SMILES string of the molecule is CN1CCC(N(C)C(=O)Nc2cc(Oc3ccc(NC(=O)NC(=O)Cc4ccc(F)cc4)c(F)c3)ccn2)CC1. The van der Waals surface area contributed by atoms with Crippen LogP contribution in [0.4, 0.5) is 29.9 Å². The second-order valence-corrected chi connectivity index (χ2v) is 9.50. The lowest BCUT2D eigenvalue weighted by Crippen LogP contribution is -2.46. The number of carbonyl (C=O) groups excluding carboxylic acids is 3. The van der Waals surface area contributed by atoms with Crippen LogP contribution in [-0.2, 0) is 11.2 Å². The number of piperidine rings is 1. The van der Waals surface area contributed by atoms with Gasteiger partial charge in [-0.25, -0.2) is 23.4 Å². The van der Waals surface area contributed by atoms with Crippen LogP contribution in [0, 0.1) is 11.6 Å². The fourth-order valence-electron chi connectivity index (χ4n) is 4.20. The fourth-order valence-corrected chi connectivity index (χ4v) is 4.20. The predicted molar refractivity (Wildman–Crippen MR) is 145 cm³/mol. The van der Waals surface area contributed by atoms with E-state index in [4.69, 9.17) is 4.74 Å². The summed E-state index contributed by atoms with van der Waals surface area (Å²) in [5, 5.41) is 7.13. The molecule has 210 valence electrons. The second-order valence-electron chi connectivity index (χ2n) is 9.50. The van der Waals surface area contributed by atoms with Gasteiger partial charge in [-0.2, -0.15) is 0 Å². The van der Waals surface area contributed by atoms with Gasteiger partial charge in [-0.3, -0.25) is 15.4 Å². The lowest BCUT2D eigenvalue weighted by Gasteiger charge is -2.34. The van der Waals surface area contributed by atoms with Crippen LogP contribution in [0.5, 0.6) is 11.5 Å². The molecule has 0 spiro atoms. The van der Waals surface area contributed by atoms with Crippen LogP contribution in [-0.4, -0.2) is 66.0 Å². The van der Waals surface area contributed by atoms with Gasteiger partial charge < -0.3 is 19.9 Å². The van der Waals surface area contributed by atoms with Crippen LogP contribution in [0.15, 0.2) is 60.8 Å². The number of imide groups is 1. The van der Waals surface area contributed by atoms with Crippen LogP contribution < -0.4 is 20.7 Å². The molecule has 4 rings (SSSR count). The first-order valence-corrected chi connectivity index (χ1v) is 12.7. The minimum Gasteiger partial charge on any atom is -0.457 e. The zero-order chi connectivity index (χ0) is 28.6. The van der Waals surface area contributed by atoms with Crippen LogP contribution in [0.25, 0.3) is 0 Å². The Morgan fingerprint density at radius 1 is 1.00 bits per heavy atom. The third-order valence-electron chi connectivity index (χ3n) is 6.48. The van der Waals surface area contributed by atoms with E-state index in [-0.39, 0.29) is 35.7 Å². The normalized spacial score (nSPS) is 13.8. The molecule has 0 unspecified atom stereocenters. The minimum atomic E-state index is -0.917. The molecule has 1 fully saturated rings. The fraction of sp³-hybridized carbons (Fsp3) is 0.286. The molecule has 2 heterocycles. The van der Waals surface area contributed by atoms with Gasteiger partial charge in [0.25, 0.3) is 0 Å². The van der Waals surface area contributed by atoms with Gasteiger partial charge in [0.15, 0.2) is 0 Å². The Morgan fingerprint density at radius 2 is 1.70 bits per heavy atom. The maximum Gasteiger partial charge on any atom is 0.325 e. The Morgan fingerprint density at radius 3 is 2.40 bits per heavy atom. The molecule has 10 nitrogen and oxygen atoms in total. The van der Waals surface area contributed by atoms with Crippen LogP contribution >= 0.6 is 0 Å². The van der Waals surface area contributed by atoms with Gasteiger partial charge in [-0.1, -0.05) is 12.1 Å². The monoisotopic (exact) mass is 552 g/mol. The van der Waals surface area contributed by atoms with Gasteiger partial charge in [-0.05, 0) is 68.9 Å². The summed E-state index contributed by atoms with van der Waals surface area (Å²) in [5.41, 5.74) is 0.349. The molecule has 3 aromatic rings. The number of benzene rings is 2. The molecule has 0 radical (unpaired) electrons. The lowest BCUT2D eigenvalue weighted by atomic mass is 10.0. The smallest absolute Gasteiger partial charge is 0.325 e. The van der Waals surface area contributed by atoms with Crippen molar-refractivity contribution in [3.63, 3.8) is 0 Å². The topological polar surface area (TPSA) is 116 Å². The highest BCUT2D eigenvalue weighted by Gasteiger charge is 2.24. The van der Waals surface area contributed by atoms with Crippen molar-refractivity contribution >= 4 is 29.5 Å². The molecule has 5 amide bonds. The van der Waals surface area contributed by atoms with E-state index in [1.807, 2.05) is 0 Å². The van der Waals surface area contributed by atoms with E-state index in [0.29, 0.717) is 11.3 Å². The Balaban J connectivity index is 1.30. The average Bonchev–Trinajstić information content (AvgIpc) is 2.91. The molecule has 0 bridgehead atoms. The number of carbonyl (C=O) groups is 3. The van der Waals surface area contributed by atoms with Crippen molar-refractivity contribution in [3.05, 3.63) is 78.0 Å². The molecule has 40 heavy (non-hydrogen) atoms. The quantitative estimate of drug-likeness (QED) is 0.395. The number of urea groups is 2. The van der Waals surface area contributed by atoms with E-state index >= 15 is 0 Å². The summed E-state index contributed by atoms with van der Waals surface area (Å²) in [4.78, 5) is 44.9. The van der Waals surface area contributed by atoms with Crippen LogP contribution in [0.1, 0.15) is 18.4 Å². The van der Waals surface area contributed by atoms with Crippen molar-refractivity contribution in [2.75, 3.05) is 37.8 Å². The molecule has 2 aromatic carbocycles. The van der Waals surface area contributed by atoms with E-state index in [1.54, 1.807) is 18.0 Å². The zero-order valence-corrected chi connectivity index (χ0v) is 22.1. The van der Waals surface area contributed by atoms with Crippen molar-refractivity contribution in [1.29, 1.82) is 0 Å². The van der Waals surface area contributed by atoms with Crippen molar-refractivity contribution in [2.24, 2.45) is 0 Å². The summed E-state index contributed by atoms with van der Waals surface area (Å²) < 4.78 is 33.4. The molecule has 12 heteroatoms. The van der Waals surface area contributed by atoms with Crippen molar-refractivity contribution in [2.45, 2.75) is 25.3 Å². The summed E-state index contributed by atoms with van der Waals surface area (Å²) in [6, 6.07) is 11.1. The lowest BCUT2D eigenvalue weighted by molar-refractivity contribution is -0.119. The molecule has 0 aliphatic carbocycles. The zero-order valence-electron chi connectivity index (χ0n) is 22.1. The highest BCUT2D eigenvalue weighted by atomic mass is 19.1. The van der Waals surface area contributed by atoms with Gasteiger partial charge in [0.05, 0.1) is 12.1 Å². The molecule has 0 saturated carbocycles. The number of halogens is 2. The van der Waals surface area contributed by atoms with Crippen LogP contribution in [0.2, 0.25) is 0 Å². The number of likely N-dealkylation sites (tertiary alicyclic amines) is 1. The average molecular weight is 553 g/mol. The van der Waals surface area contributed by atoms with Gasteiger partial charge in [0.1, 0.15) is 29.0 Å². The van der Waals surface area contributed by atoms with Gasteiger partial charge in [0, 0.05) is 31.4 Å². The van der Waals surface area contributed by atoms with Crippen molar-refractivity contribution < 1.29 is 27.9 Å². The summed E-state index contributed by atoms with van der Waals surface area (Å²) in [6.07, 6.45) is 3.09. The number of aromatic nitrogens is 1. The third kappa shape index (κ3) is 7.96. The minimum absolute atomic E-state index is 0.140. The highest BCUT2D eigenvalue weighted by molar-refractivity contribution is 6.01. The Bertz CT molecular complexity index is 1360. The van der Waals surface area contributed by atoms with E-state index in [9.17, 15) is 23.2 Å². The molecule has 1 aromatic heterocycles. The van der Waals surface area contributed by atoms with Gasteiger partial charge in [-0.15, -0.1) is 0 Å². The molecule has 1 aliphatic heterocycles. The number of ether oxygens (including phenoxy) is 1. The number of pyridine rings is 1. The van der Waals surface area contributed by atoms with E-state index in [0.717, 1.165) is 32.0 Å². The summed E-state index contributed by atoms with van der Waals surface area (Å²) in [5.74, 6) is -1.13. The summed E-state index contributed by atoms with van der Waals surface area (Å²) in [7, 11) is 3.81. The number of nitrogens with one attached hydrogen (secondary N) is 3. The molecule has 1 aliphatic rings. The number of nitrogens with zero attached hydrogens (tertiary/aromatic N) is 3. The number of hydrogen-bond acceptors (Lipinski definition) is 6. The maximum absolute atomic E-state index is 14.7. The van der Waals surface area contributed by atoms with Crippen molar-refractivity contribution in [3.8, 4) is 11.5 Å². The predicted octanol–water partition coefficient (Wildman–Crippen LogP) is 4.60. The first kappa shape index (κ1) is 28.4. The number of amides is 5. The first-order valence-electron chi connectivity index (χ1n) is 12.7.